The molecule has 1 aromatic rings. The van der Waals surface area contributed by atoms with Crippen molar-refractivity contribution in [2.24, 2.45) is 16.8 Å². The van der Waals surface area contributed by atoms with Gasteiger partial charge in [-0.05, 0) is 12.5 Å². The molecule has 0 atom stereocenters. The van der Waals surface area contributed by atoms with Crippen molar-refractivity contribution >= 4 is 5.84 Å². The number of rotatable bonds is 0. The van der Waals surface area contributed by atoms with Gasteiger partial charge in [0, 0.05) is 5.56 Å². The van der Waals surface area contributed by atoms with E-state index in [4.69, 9.17) is 11.7 Å². The SMILES string of the molecule is Cc1ccc2c(c1)CN(N)/C2=N\N. The second-order valence-electron chi connectivity index (χ2n) is 3.24. The summed E-state index contributed by atoms with van der Waals surface area (Å²) in [5.74, 6) is 11.6. The van der Waals surface area contributed by atoms with Crippen molar-refractivity contribution in [2.45, 2.75) is 13.5 Å². The van der Waals surface area contributed by atoms with Crippen LogP contribution in [0, 0.1) is 6.92 Å². The van der Waals surface area contributed by atoms with Crippen molar-refractivity contribution in [3.63, 3.8) is 0 Å². The van der Waals surface area contributed by atoms with Gasteiger partial charge in [-0.3, -0.25) is 5.01 Å². The van der Waals surface area contributed by atoms with Gasteiger partial charge in [0.25, 0.3) is 0 Å². The number of hydrogen-bond donors (Lipinski definition) is 2. The maximum atomic E-state index is 5.71. The molecule has 0 aromatic heterocycles. The zero-order valence-electron chi connectivity index (χ0n) is 7.49. The van der Waals surface area contributed by atoms with Gasteiger partial charge in [0.05, 0.1) is 6.54 Å². The average molecular weight is 176 g/mol. The maximum absolute atomic E-state index is 5.71. The number of hydrazine groups is 1. The third-order valence-electron chi connectivity index (χ3n) is 2.24. The summed E-state index contributed by atoms with van der Waals surface area (Å²) in [6.45, 7) is 2.74. The van der Waals surface area contributed by atoms with E-state index in [1.54, 1.807) is 5.01 Å². The molecule has 68 valence electrons. The Morgan fingerprint density at radius 2 is 2.23 bits per heavy atom. The maximum Gasteiger partial charge on any atom is 0.170 e. The Balaban J connectivity index is 2.55. The van der Waals surface area contributed by atoms with Gasteiger partial charge in [0.2, 0.25) is 0 Å². The van der Waals surface area contributed by atoms with Crippen LogP contribution < -0.4 is 11.7 Å². The normalized spacial score (nSPS) is 18.0. The van der Waals surface area contributed by atoms with E-state index in [9.17, 15) is 0 Å². The Kier molecular flexibility index (Phi) is 1.70. The molecule has 1 heterocycles. The van der Waals surface area contributed by atoms with Crippen LogP contribution in [-0.2, 0) is 6.54 Å². The molecular formula is C9H12N4. The van der Waals surface area contributed by atoms with Crippen molar-refractivity contribution in [1.82, 2.24) is 5.01 Å². The fourth-order valence-electron chi connectivity index (χ4n) is 1.63. The van der Waals surface area contributed by atoms with Crippen molar-refractivity contribution in [1.29, 1.82) is 0 Å². The summed E-state index contributed by atoms with van der Waals surface area (Å²) in [6.07, 6.45) is 0. The minimum absolute atomic E-state index is 0.662. The third kappa shape index (κ3) is 1.15. The Labute approximate surface area is 76.8 Å². The molecule has 1 aliphatic heterocycles. The Morgan fingerprint density at radius 1 is 1.46 bits per heavy atom. The molecular weight excluding hydrogens is 164 g/mol. The number of hydrazone groups is 1. The lowest BCUT2D eigenvalue weighted by Gasteiger charge is -2.08. The third-order valence-corrected chi connectivity index (χ3v) is 2.24. The van der Waals surface area contributed by atoms with E-state index in [0.717, 1.165) is 5.56 Å². The van der Waals surface area contributed by atoms with Crippen LogP contribution in [-0.4, -0.2) is 10.8 Å². The average Bonchev–Trinajstić information content (AvgIpc) is 2.39. The largest absolute Gasteiger partial charge is 0.321 e. The molecule has 2 rings (SSSR count). The highest BCUT2D eigenvalue weighted by Gasteiger charge is 2.22. The lowest BCUT2D eigenvalue weighted by Crippen LogP contribution is -2.32. The van der Waals surface area contributed by atoms with Crippen molar-refractivity contribution < 1.29 is 0 Å². The quantitative estimate of drug-likeness (QED) is 0.441. The predicted octanol–water partition coefficient (Wildman–Crippen LogP) is 0.305. The number of amidine groups is 1. The monoisotopic (exact) mass is 176 g/mol. The van der Waals surface area contributed by atoms with Gasteiger partial charge in [-0.15, -0.1) is 0 Å². The van der Waals surface area contributed by atoms with E-state index in [1.807, 2.05) is 12.1 Å². The highest BCUT2D eigenvalue weighted by molar-refractivity contribution is 6.01. The summed E-state index contributed by atoms with van der Waals surface area (Å²) in [5, 5.41) is 5.22. The van der Waals surface area contributed by atoms with E-state index in [2.05, 4.69) is 18.1 Å². The van der Waals surface area contributed by atoms with E-state index in [0.29, 0.717) is 12.4 Å². The first-order valence-electron chi connectivity index (χ1n) is 4.12. The minimum atomic E-state index is 0.662. The van der Waals surface area contributed by atoms with Crippen LogP contribution in [0.4, 0.5) is 0 Å². The summed E-state index contributed by atoms with van der Waals surface area (Å²) in [4.78, 5) is 0. The molecule has 0 unspecified atom stereocenters. The topological polar surface area (TPSA) is 67.6 Å². The minimum Gasteiger partial charge on any atom is -0.321 e. The summed E-state index contributed by atoms with van der Waals surface area (Å²) >= 11 is 0. The van der Waals surface area contributed by atoms with Crippen LogP contribution in [0.2, 0.25) is 0 Å². The molecule has 0 radical (unpaired) electrons. The first-order chi connectivity index (χ1) is 6.22. The van der Waals surface area contributed by atoms with Crippen molar-refractivity contribution in [3.8, 4) is 0 Å². The Hall–Kier alpha value is -1.55. The summed E-state index contributed by atoms with van der Waals surface area (Å²) < 4.78 is 0. The lowest BCUT2D eigenvalue weighted by atomic mass is 10.1. The zero-order valence-corrected chi connectivity index (χ0v) is 7.49. The summed E-state index contributed by atoms with van der Waals surface area (Å²) in [5.41, 5.74) is 3.45. The molecule has 4 heteroatoms. The van der Waals surface area contributed by atoms with Crippen LogP contribution in [0.1, 0.15) is 16.7 Å². The van der Waals surface area contributed by atoms with Crippen LogP contribution >= 0.6 is 0 Å². The van der Waals surface area contributed by atoms with E-state index in [-0.39, 0.29) is 0 Å². The van der Waals surface area contributed by atoms with Gasteiger partial charge in [0.1, 0.15) is 0 Å². The number of fused-ring (bicyclic) bond motifs is 1. The molecule has 0 saturated carbocycles. The van der Waals surface area contributed by atoms with Crippen LogP contribution in [0.3, 0.4) is 0 Å². The van der Waals surface area contributed by atoms with E-state index in [1.165, 1.54) is 11.1 Å². The molecule has 1 aromatic carbocycles. The van der Waals surface area contributed by atoms with Gasteiger partial charge >= 0.3 is 0 Å². The summed E-state index contributed by atoms with van der Waals surface area (Å²) in [6, 6.07) is 6.14. The smallest absolute Gasteiger partial charge is 0.170 e. The van der Waals surface area contributed by atoms with Gasteiger partial charge in [0.15, 0.2) is 5.84 Å². The van der Waals surface area contributed by atoms with Crippen molar-refractivity contribution in [3.05, 3.63) is 34.9 Å². The van der Waals surface area contributed by atoms with Crippen LogP contribution in [0.5, 0.6) is 0 Å². The standard InChI is InChI=1S/C9H12N4/c1-6-2-3-8-7(4-6)5-13(11)9(8)12-10/h2-4H,5,10-11H2,1H3/b12-9-. The fraction of sp³-hybridized carbons (Fsp3) is 0.222. The second-order valence-corrected chi connectivity index (χ2v) is 3.24. The van der Waals surface area contributed by atoms with Gasteiger partial charge < -0.3 is 5.84 Å². The van der Waals surface area contributed by atoms with E-state index < -0.39 is 0 Å². The highest BCUT2D eigenvalue weighted by Crippen LogP contribution is 2.21. The Morgan fingerprint density at radius 3 is 2.92 bits per heavy atom. The first-order valence-corrected chi connectivity index (χ1v) is 4.12. The van der Waals surface area contributed by atoms with Gasteiger partial charge in [-0.25, -0.2) is 5.84 Å². The molecule has 0 bridgehead atoms. The molecule has 0 amide bonds. The van der Waals surface area contributed by atoms with Gasteiger partial charge in [-0.1, -0.05) is 23.8 Å². The molecule has 0 aliphatic carbocycles. The molecule has 0 saturated heterocycles. The predicted molar refractivity (Wildman–Crippen MR) is 51.6 cm³/mol. The van der Waals surface area contributed by atoms with Crippen molar-refractivity contribution in [2.75, 3.05) is 0 Å². The number of hydrogen-bond acceptors (Lipinski definition) is 3. The highest BCUT2D eigenvalue weighted by atomic mass is 15.5. The molecule has 13 heavy (non-hydrogen) atoms. The Bertz CT molecular complexity index is 370. The number of benzene rings is 1. The molecule has 1 aliphatic rings. The van der Waals surface area contributed by atoms with E-state index >= 15 is 0 Å². The number of aryl methyl sites for hydroxylation is 1. The second kappa shape index (κ2) is 2.74. The van der Waals surface area contributed by atoms with Crippen LogP contribution in [0.25, 0.3) is 0 Å². The fourth-order valence-corrected chi connectivity index (χ4v) is 1.63. The summed E-state index contributed by atoms with van der Waals surface area (Å²) in [7, 11) is 0. The molecule has 0 fully saturated rings. The van der Waals surface area contributed by atoms with Crippen LogP contribution in [0.15, 0.2) is 23.3 Å². The molecule has 4 nitrogen and oxygen atoms in total. The number of nitrogens with zero attached hydrogens (tertiary/aromatic N) is 2. The lowest BCUT2D eigenvalue weighted by molar-refractivity contribution is 0.452. The first kappa shape index (κ1) is 8.07. The zero-order chi connectivity index (χ0) is 9.42. The molecule has 0 spiro atoms. The van der Waals surface area contributed by atoms with Gasteiger partial charge in [-0.2, -0.15) is 5.10 Å². The molecule has 4 N–H and O–H groups in total. The number of nitrogens with two attached hydrogens (primary N) is 2.